The minimum Gasteiger partial charge on any atom is -0.480 e. The molecule has 6 nitrogen and oxygen atoms in total. The van der Waals surface area contributed by atoms with E-state index < -0.39 is 22.9 Å². The van der Waals surface area contributed by atoms with Gasteiger partial charge in [-0.1, -0.05) is 12.2 Å². The van der Waals surface area contributed by atoms with Gasteiger partial charge in [0.05, 0.1) is 18.8 Å². The number of thiol groups is 1. The molecule has 1 fully saturated rings. The number of benzene rings is 1. The molecular formula is C16H13FN2O4S2. The second-order valence-electron chi connectivity index (χ2n) is 6.01. The van der Waals surface area contributed by atoms with E-state index in [4.69, 9.17) is 17.0 Å². The number of alkyl halides is 1. The van der Waals surface area contributed by atoms with Gasteiger partial charge >= 0.3 is 5.97 Å². The highest BCUT2D eigenvalue weighted by atomic mass is 32.1. The lowest BCUT2D eigenvalue weighted by molar-refractivity contribution is -0.137. The summed E-state index contributed by atoms with van der Waals surface area (Å²) in [6.07, 6.45) is -1.37. The SMILES string of the molecule is O=C(O)C1(S)C(=O)c2ccc(N3CCOC(F)C3)cc2C2=C1NC2=S. The summed E-state index contributed by atoms with van der Waals surface area (Å²) in [5, 5.41) is 12.2. The van der Waals surface area contributed by atoms with E-state index >= 15 is 0 Å². The molecule has 2 aliphatic heterocycles. The number of rotatable bonds is 2. The number of anilines is 1. The highest BCUT2D eigenvalue weighted by molar-refractivity contribution is 7.84. The number of nitrogens with zero attached hydrogens (tertiary/aromatic N) is 1. The zero-order valence-corrected chi connectivity index (χ0v) is 14.5. The van der Waals surface area contributed by atoms with Crippen LogP contribution in [0.3, 0.4) is 0 Å². The lowest BCUT2D eigenvalue weighted by Crippen LogP contribution is -2.56. The van der Waals surface area contributed by atoms with Gasteiger partial charge in [-0.3, -0.25) is 4.79 Å². The molecule has 4 rings (SSSR count). The van der Waals surface area contributed by atoms with Crippen LogP contribution in [-0.2, 0) is 9.53 Å². The molecule has 3 aliphatic rings. The fourth-order valence-corrected chi connectivity index (χ4v) is 3.91. The average Bonchev–Trinajstić information content (AvgIpc) is 2.57. The Hall–Kier alpha value is -1.97. The Bertz CT molecular complexity index is 872. The highest BCUT2D eigenvalue weighted by Crippen LogP contribution is 2.45. The summed E-state index contributed by atoms with van der Waals surface area (Å²) in [4.78, 5) is 26.6. The first kappa shape index (κ1) is 16.5. The van der Waals surface area contributed by atoms with Gasteiger partial charge in [-0.2, -0.15) is 0 Å². The second-order valence-corrected chi connectivity index (χ2v) is 7.08. The number of aliphatic carboxylic acids is 1. The lowest BCUT2D eigenvalue weighted by atomic mass is 9.76. The molecule has 0 aromatic heterocycles. The van der Waals surface area contributed by atoms with Crippen LogP contribution in [0.5, 0.6) is 0 Å². The van der Waals surface area contributed by atoms with Gasteiger partial charge < -0.3 is 20.1 Å². The number of fused-ring (bicyclic) bond motifs is 2. The number of carbonyl (C=O) groups is 2. The lowest BCUT2D eigenvalue weighted by Gasteiger charge is -2.41. The normalized spacial score (nSPS) is 28.1. The maximum Gasteiger partial charge on any atom is 0.333 e. The number of ether oxygens (including phenoxy) is 1. The van der Waals surface area contributed by atoms with E-state index in [9.17, 15) is 19.1 Å². The summed E-state index contributed by atoms with van der Waals surface area (Å²) in [6.45, 7) is 0.879. The van der Waals surface area contributed by atoms with Crippen LogP contribution >= 0.6 is 24.8 Å². The fraction of sp³-hybridized carbons (Fsp3) is 0.312. The van der Waals surface area contributed by atoms with Gasteiger partial charge in [0, 0.05) is 23.4 Å². The number of hydrogen-bond acceptors (Lipinski definition) is 6. The monoisotopic (exact) mass is 380 g/mol. The molecule has 1 aromatic carbocycles. The quantitative estimate of drug-likeness (QED) is 0.407. The molecule has 25 heavy (non-hydrogen) atoms. The second kappa shape index (κ2) is 5.52. The number of Topliss-reactive ketones (excluding diaryl/α,β-unsaturated/α-hetero) is 1. The van der Waals surface area contributed by atoms with Crippen LogP contribution in [0.4, 0.5) is 10.1 Å². The van der Waals surface area contributed by atoms with Gasteiger partial charge in [-0.25, -0.2) is 9.18 Å². The van der Waals surface area contributed by atoms with Crippen LogP contribution in [0.2, 0.25) is 0 Å². The molecule has 0 amide bonds. The first-order chi connectivity index (χ1) is 11.8. The first-order valence-electron chi connectivity index (χ1n) is 7.55. The van der Waals surface area contributed by atoms with E-state index in [-0.39, 0.29) is 24.4 Å². The van der Waals surface area contributed by atoms with Crippen molar-refractivity contribution >= 4 is 52.8 Å². The Balaban J connectivity index is 1.83. The number of carboxylic acids is 1. The molecule has 2 heterocycles. The Labute approximate surface area is 153 Å². The number of morpholine rings is 1. The summed E-state index contributed by atoms with van der Waals surface area (Å²) >= 11 is 9.35. The van der Waals surface area contributed by atoms with Crippen LogP contribution in [0.15, 0.2) is 23.9 Å². The molecule has 1 saturated heterocycles. The Morgan fingerprint density at radius 2 is 2.24 bits per heavy atom. The molecule has 0 saturated carbocycles. The topological polar surface area (TPSA) is 78.9 Å². The Morgan fingerprint density at radius 3 is 2.88 bits per heavy atom. The molecule has 2 unspecified atom stereocenters. The average molecular weight is 380 g/mol. The predicted octanol–water partition coefficient (Wildman–Crippen LogP) is 1.41. The van der Waals surface area contributed by atoms with Crippen LogP contribution in [0.25, 0.3) is 5.57 Å². The zero-order chi connectivity index (χ0) is 17.9. The van der Waals surface area contributed by atoms with Crippen molar-refractivity contribution in [3.63, 3.8) is 0 Å². The van der Waals surface area contributed by atoms with Gasteiger partial charge in [0.25, 0.3) is 0 Å². The number of hydrogen-bond donors (Lipinski definition) is 3. The summed E-state index contributed by atoms with van der Waals surface area (Å²) in [5.41, 5.74) is 2.21. The summed E-state index contributed by atoms with van der Waals surface area (Å²) in [5.74, 6) is -1.98. The Morgan fingerprint density at radius 1 is 1.48 bits per heavy atom. The Kier molecular flexibility index (Phi) is 3.64. The number of thiocarbonyl (C=S) groups is 1. The van der Waals surface area contributed by atoms with Crippen LogP contribution in [0, 0.1) is 0 Å². The van der Waals surface area contributed by atoms with Crippen LogP contribution in [0.1, 0.15) is 15.9 Å². The van der Waals surface area contributed by atoms with Crippen molar-refractivity contribution in [1.82, 2.24) is 5.32 Å². The number of ketones is 1. The van der Waals surface area contributed by atoms with Crippen molar-refractivity contribution in [2.45, 2.75) is 11.1 Å². The van der Waals surface area contributed by atoms with E-state index in [2.05, 4.69) is 17.9 Å². The third kappa shape index (κ3) is 2.22. The van der Waals surface area contributed by atoms with E-state index in [1.165, 1.54) is 0 Å². The van der Waals surface area contributed by atoms with Crippen molar-refractivity contribution in [3.05, 3.63) is 35.0 Å². The summed E-state index contributed by atoms with van der Waals surface area (Å²) in [7, 11) is 0. The molecule has 2 atom stereocenters. The zero-order valence-electron chi connectivity index (χ0n) is 12.8. The molecule has 1 aliphatic carbocycles. The smallest absolute Gasteiger partial charge is 0.333 e. The summed E-state index contributed by atoms with van der Waals surface area (Å²) < 4.78 is 16.4. The van der Waals surface area contributed by atoms with Crippen LogP contribution in [-0.4, -0.2) is 52.6 Å². The first-order valence-corrected chi connectivity index (χ1v) is 8.41. The molecule has 2 N–H and O–H groups in total. The van der Waals surface area contributed by atoms with Crippen molar-refractivity contribution in [2.24, 2.45) is 0 Å². The number of carbonyl (C=O) groups excluding carboxylic acids is 1. The molecule has 0 spiro atoms. The highest BCUT2D eigenvalue weighted by Gasteiger charge is 2.55. The predicted molar refractivity (Wildman–Crippen MR) is 95.8 cm³/mol. The molecule has 9 heteroatoms. The van der Waals surface area contributed by atoms with Gasteiger partial charge in [-0.15, -0.1) is 12.6 Å². The van der Waals surface area contributed by atoms with E-state index in [1.54, 1.807) is 18.2 Å². The van der Waals surface area contributed by atoms with Gasteiger partial charge in [-0.05, 0) is 23.8 Å². The maximum absolute atomic E-state index is 13.5. The van der Waals surface area contributed by atoms with Gasteiger partial charge in [0.2, 0.25) is 11.1 Å². The third-order valence-electron chi connectivity index (χ3n) is 4.62. The van der Waals surface area contributed by atoms with Gasteiger partial charge in [0.15, 0.2) is 5.78 Å². The summed E-state index contributed by atoms with van der Waals surface area (Å²) in [6, 6.07) is 4.96. The van der Waals surface area contributed by atoms with E-state index in [1.807, 2.05) is 4.90 Å². The number of nitrogens with one attached hydrogen (secondary N) is 1. The van der Waals surface area contributed by atoms with Crippen molar-refractivity contribution < 1.29 is 23.8 Å². The van der Waals surface area contributed by atoms with Crippen LogP contribution < -0.4 is 10.2 Å². The third-order valence-corrected chi connectivity index (χ3v) is 5.55. The molecular weight excluding hydrogens is 367 g/mol. The molecule has 1 aromatic rings. The molecule has 130 valence electrons. The largest absolute Gasteiger partial charge is 0.480 e. The van der Waals surface area contributed by atoms with Crippen molar-refractivity contribution in [3.8, 4) is 0 Å². The fourth-order valence-electron chi connectivity index (χ4n) is 3.31. The minimum absolute atomic E-state index is 0.0902. The standard InChI is InChI=1S/C16H13FN2O4S2/c17-10-6-19(3-4-23-10)7-1-2-8-9(5-7)11-12(18-14(11)24)16(25,13(8)20)15(21)22/h1-2,5,10,25H,3-4,6H2,(H,18,24)(H,21,22). The maximum atomic E-state index is 13.5. The van der Waals surface area contributed by atoms with Gasteiger partial charge in [0.1, 0.15) is 4.99 Å². The van der Waals surface area contributed by atoms with Crippen molar-refractivity contribution in [1.29, 1.82) is 0 Å². The van der Waals surface area contributed by atoms with E-state index in [0.29, 0.717) is 22.7 Å². The van der Waals surface area contributed by atoms with E-state index in [0.717, 1.165) is 5.69 Å². The molecule has 0 bridgehead atoms. The number of carboxylic acid groups (broad SMARTS) is 1. The molecule has 0 radical (unpaired) electrons. The minimum atomic E-state index is -1.98. The number of halogens is 1. The van der Waals surface area contributed by atoms with Crippen molar-refractivity contribution in [2.75, 3.05) is 24.6 Å².